The zero-order chi connectivity index (χ0) is 12.1. The molecule has 0 heterocycles. The lowest BCUT2D eigenvalue weighted by Gasteiger charge is -2.16. The molecule has 0 aliphatic heterocycles. The molecule has 94 valence electrons. The third-order valence-electron chi connectivity index (χ3n) is 2.43. The van der Waals surface area contributed by atoms with Gasteiger partial charge in [0.2, 0.25) is 0 Å². The molecule has 0 amide bonds. The van der Waals surface area contributed by atoms with Crippen molar-refractivity contribution in [1.29, 1.82) is 5.26 Å². The summed E-state index contributed by atoms with van der Waals surface area (Å²) in [5.74, 6) is 0.120. The van der Waals surface area contributed by atoms with Gasteiger partial charge in [0.15, 0.2) is 0 Å². The van der Waals surface area contributed by atoms with Crippen molar-refractivity contribution in [3.63, 3.8) is 0 Å². The number of hydrogen-bond acceptors (Lipinski definition) is 3. The van der Waals surface area contributed by atoms with Crippen LogP contribution in [0.3, 0.4) is 0 Å². The van der Waals surface area contributed by atoms with Crippen molar-refractivity contribution in [3.8, 4) is 6.07 Å². The first-order valence-electron chi connectivity index (χ1n) is 6.45. The van der Waals surface area contributed by atoms with Crippen LogP contribution in [0, 0.1) is 11.3 Å². The van der Waals surface area contributed by atoms with Crippen LogP contribution in [0.15, 0.2) is 0 Å². The van der Waals surface area contributed by atoms with E-state index < -0.39 is 0 Å². The molecule has 0 radical (unpaired) electrons. The van der Waals surface area contributed by atoms with Crippen LogP contribution in [-0.2, 0) is 9.47 Å². The van der Waals surface area contributed by atoms with Gasteiger partial charge in [-0.05, 0) is 20.3 Å². The summed E-state index contributed by atoms with van der Waals surface area (Å²) < 4.78 is 11.0. The van der Waals surface area contributed by atoms with Crippen LogP contribution in [0.4, 0.5) is 0 Å². The summed E-state index contributed by atoms with van der Waals surface area (Å²) in [6.07, 6.45) is 5.47. The standard InChI is InChI=1S/C12H25NO2Si/c1-3-14-12(15-4-2)16-11-9-7-5-6-8-10-13/h12H,3-9,11,16H2,1-2H3. The highest BCUT2D eigenvalue weighted by Gasteiger charge is 2.07. The van der Waals surface area contributed by atoms with Gasteiger partial charge in [-0.1, -0.05) is 25.3 Å². The minimum Gasteiger partial charge on any atom is -0.357 e. The molecule has 16 heavy (non-hydrogen) atoms. The monoisotopic (exact) mass is 243 g/mol. The molecule has 4 heteroatoms. The molecule has 0 aromatic rings. The van der Waals surface area contributed by atoms with Gasteiger partial charge in [0.05, 0.1) is 15.6 Å². The molecule has 0 aromatic heterocycles. The molecule has 3 nitrogen and oxygen atoms in total. The second kappa shape index (κ2) is 12.7. The number of rotatable bonds is 11. The molecule has 0 aliphatic carbocycles. The first kappa shape index (κ1) is 15.6. The first-order valence-corrected chi connectivity index (χ1v) is 8.26. The van der Waals surface area contributed by atoms with Gasteiger partial charge < -0.3 is 9.47 Å². The molecular weight excluding hydrogens is 218 g/mol. The molecule has 0 aliphatic rings. The topological polar surface area (TPSA) is 42.2 Å². The van der Waals surface area contributed by atoms with Crippen LogP contribution in [0.1, 0.15) is 46.0 Å². The van der Waals surface area contributed by atoms with E-state index in [1.165, 1.54) is 25.3 Å². The molecule has 0 bridgehead atoms. The van der Waals surface area contributed by atoms with Crippen molar-refractivity contribution < 1.29 is 9.47 Å². The van der Waals surface area contributed by atoms with E-state index in [9.17, 15) is 0 Å². The van der Waals surface area contributed by atoms with Crippen molar-refractivity contribution >= 4 is 9.52 Å². The Labute approximate surface area is 102 Å². The highest BCUT2D eigenvalue weighted by Crippen LogP contribution is 2.06. The second-order valence-corrected chi connectivity index (χ2v) is 5.76. The Morgan fingerprint density at radius 3 is 2.25 bits per heavy atom. The summed E-state index contributed by atoms with van der Waals surface area (Å²) in [4.78, 5) is 0. The maximum atomic E-state index is 8.38. The van der Waals surface area contributed by atoms with Crippen LogP contribution in [0.2, 0.25) is 6.04 Å². The maximum Gasteiger partial charge on any atom is 0.134 e. The van der Waals surface area contributed by atoms with Gasteiger partial charge in [-0.15, -0.1) is 0 Å². The summed E-state index contributed by atoms with van der Waals surface area (Å²) >= 11 is 0. The highest BCUT2D eigenvalue weighted by atomic mass is 28.2. The summed E-state index contributed by atoms with van der Waals surface area (Å²) in [5.41, 5.74) is 0. The number of nitriles is 1. The SMILES string of the molecule is CCOC(OCC)[SiH2]CCCCCCC#N. The molecule has 0 fully saturated rings. The van der Waals surface area contributed by atoms with Crippen molar-refractivity contribution in [2.75, 3.05) is 13.2 Å². The molecule has 0 spiro atoms. The first-order chi connectivity index (χ1) is 7.85. The summed E-state index contributed by atoms with van der Waals surface area (Å²) in [6.45, 7) is 5.53. The van der Waals surface area contributed by atoms with E-state index in [1.807, 2.05) is 13.8 Å². The molecule has 0 unspecified atom stereocenters. The van der Waals surface area contributed by atoms with Crippen molar-refractivity contribution in [2.24, 2.45) is 0 Å². The quantitative estimate of drug-likeness (QED) is 0.318. The lowest BCUT2D eigenvalue weighted by molar-refractivity contribution is -0.0827. The molecule has 0 rings (SSSR count). The Morgan fingerprint density at radius 1 is 1.06 bits per heavy atom. The third kappa shape index (κ3) is 10.2. The van der Waals surface area contributed by atoms with E-state index in [2.05, 4.69) is 6.07 Å². The van der Waals surface area contributed by atoms with Crippen molar-refractivity contribution in [2.45, 2.75) is 57.9 Å². The zero-order valence-corrected chi connectivity index (χ0v) is 12.1. The Balaban J connectivity index is 3.29. The normalized spacial score (nSPS) is 11.4. The maximum absolute atomic E-state index is 8.38. The van der Waals surface area contributed by atoms with E-state index in [0.717, 1.165) is 19.6 Å². The van der Waals surface area contributed by atoms with Gasteiger partial charge in [0, 0.05) is 19.6 Å². The molecular formula is C12H25NO2Si. The van der Waals surface area contributed by atoms with Crippen molar-refractivity contribution in [3.05, 3.63) is 0 Å². The number of nitrogens with zero attached hydrogens (tertiary/aromatic N) is 1. The third-order valence-corrected chi connectivity index (χ3v) is 4.28. The van der Waals surface area contributed by atoms with Crippen LogP contribution < -0.4 is 0 Å². The second-order valence-electron chi connectivity index (χ2n) is 3.80. The van der Waals surface area contributed by atoms with Crippen LogP contribution in [-0.4, -0.2) is 28.6 Å². The minimum atomic E-state index is -0.246. The van der Waals surface area contributed by atoms with Crippen molar-refractivity contribution in [1.82, 2.24) is 0 Å². The fourth-order valence-corrected chi connectivity index (χ4v) is 3.41. The average Bonchev–Trinajstić information content (AvgIpc) is 2.28. The summed E-state index contributed by atoms with van der Waals surface area (Å²) in [6, 6.07) is 3.47. The lowest BCUT2D eigenvalue weighted by Crippen LogP contribution is -2.24. The molecule has 0 atom stereocenters. The largest absolute Gasteiger partial charge is 0.357 e. The lowest BCUT2D eigenvalue weighted by atomic mass is 10.2. The fourth-order valence-electron chi connectivity index (χ4n) is 1.63. The van der Waals surface area contributed by atoms with E-state index in [0.29, 0.717) is 6.42 Å². The molecule has 0 saturated heterocycles. The predicted octanol–water partition coefficient (Wildman–Crippen LogP) is 2.40. The van der Waals surface area contributed by atoms with Gasteiger partial charge in [0.1, 0.15) is 5.91 Å². The number of ether oxygens (including phenoxy) is 2. The van der Waals surface area contributed by atoms with E-state index >= 15 is 0 Å². The van der Waals surface area contributed by atoms with E-state index in [-0.39, 0.29) is 15.4 Å². The minimum absolute atomic E-state index is 0.120. The number of unbranched alkanes of at least 4 members (excludes halogenated alkanes) is 4. The van der Waals surface area contributed by atoms with Crippen LogP contribution >= 0.6 is 0 Å². The summed E-state index contributed by atoms with van der Waals surface area (Å²) in [7, 11) is -0.246. The van der Waals surface area contributed by atoms with Crippen LogP contribution in [0.5, 0.6) is 0 Å². The Hall–Kier alpha value is -0.373. The summed E-state index contributed by atoms with van der Waals surface area (Å²) in [5, 5.41) is 8.38. The fraction of sp³-hybridized carbons (Fsp3) is 0.917. The highest BCUT2D eigenvalue weighted by molar-refractivity contribution is 6.36. The Morgan fingerprint density at radius 2 is 1.69 bits per heavy atom. The molecule has 0 aromatic carbocycles. The zero-order valence-electron chi connectivity index (χ0n) is 10.7. The van der Waals surface area contributed by atoms with Crippen LogP contribution in [0.25, 0.3) is 0 Å². The van der Waals surface area contributed by atoms with Gasteiger partial charge in [-0.25, -0.2) is 0 Å². The molecule has 0 N–H and O–H groups in total. The Bertz CT molecular complexity index is 176. The van der Waals surface area contributed by atoms with E-state index in [1.54, 1.807) is 0 Å². The number of hydrogen-bond donors (Lipinski definition) is 0. The van der Waals surface area contributed by atoms with E-state index in [4.69, 9.17) is 14.7 Å². The van der Waals surface area contributed by atoms with Gasteiger partial charge >= 0.3 is 0 Å². The smallest absolute Gasteiger partial charge is 0.134 e. The Kier molecular flexibility index (Phi) is 12.4. The van der Waals surface area contributed by atoms with Gasteiger partial charge in [0.25, 0.3) is 0 Å². The van der Waals surface area contributed by atoms with Gasteiger partial charge in [-0.2, -0.15) is 5.26 Å². The predicted molar refractivity (Wildman–Crippen MR) is 69.1 cm³/mol. The molecule has 0 saturated carbocycles. The van der Waals surface area contributed by atoms with Gasteiger partial charge in [-0.3, -0.25) is 0 Å². The average molecular weight is 243 g/mol.